The minimum absolute atomic E-state index is 0.0467. The molecule has 1 saturated carbocycles. The molecule has 1 aromatic heterocycles. The van der Waals surface area contributed by atoms with E-state index in [2.05, 4.69) is 19.2 Å². The van der Waals surface area contributed by atoms with Crippen molar-refractivity contribution in [3.8, 4) is 0 Å². The molecule has 1 aliphatic rings. The molecule has 2 rings (SSSR count). The Kier molecular flexibility index (Phi) is 3.96. The van der Waals surface area contributed by atoms with Crippen LogP contribution in [0, 0.1) is 5.41 Å². The first-order valence-electron chi connectivity index (χ1n) is 6.70. The predicted molar refractivity (Wildman–Crippen MR) is 71.7 cm³/mol. The maximum atomic E-state index is 12.0. The largest absolute Gasteiger partial charge is 0.455 e. The van der Waals surface area contributed by atoms with Crippen LogP contribution >= 0.6 is 0 Å². The summed E-state index contributed by atoms with van der Waals surface area (Å²) in [5, 5.41) is 3.00. The molecule has 3 N–H and O–H groups in total. The van der Waals surface area contributed by atoms with Crippen LogP contribution in [0.15, 0.2) is 16.5 Å². The molecule has 5 heteroatoms. The van der Waals surface area contributed by atoms with E-state index >= 15 is 0 Å². The zero-order valence-electron chi connectivity index (χ0n) is 11.7. The summed E-state index contributed by atoms with van der Waals surface area (Å²) < 4.78 is 11.0. The summed E-state index contributed by atoms with van der Waals surface area (Å²) in [5.41, 5.74) is 5.41. The lowest BCUT2D eigenvalue weighted by atomic mass is 9.64. The maximum Gasteiger partial charge on any atom is 0.287 e. The van der Waals surface area contributed by atoms with Gasteiger partial charge in [-0.05, 0) is 25.5 Å². The second kappa shape index (κ2) is 5.35. The monoisotopic (exact) mass is 266 g/mol. The molecule has 106 valence electrons. The quantitative estimate of drug-likeness (QED) is 0.850. The first-order chi connectivity index (χ1) is 8.98. The Morgan fingerprint density at radius 2 is 2.32 bits per heavy atom. The van der Waals surface area contributed by atoms with Crippen molar-refractivity contribution in [2.75, 3.05) is 6.61 Å². The summed E-state index contributed by atoms with van der Waals surface area (Å²) >= 11 is 0. The number of nitrogens with two attached hydrogens (primary N) is 1. The molecule has 0 saturated heterocycles. The molecule has 1 fully saturated rings. The summed E-state index contributed by atoms with van der Waals surface area (Å²) in [6, 6.07) is 3.50. The van der Waals surface area contributed by atoms with Crippen LogP contribution in [0.1, 0.15) is 43.5 Å². The van der Waals surface area contributed by atoms with Crippen molar-refractivity contribution >= 4 is 5.91 Å². The van der Waals surface area contributed by atoms with Crippen molar-refractivity contribution in [3.63, 3.8) is 0 Å². The lowest BCUT2D eigenvalue weighted by Crippen LogP contribution is -2.62. The van der Waals surface area contributed by atoms with Crippen LogP contribution in [0.5, 0.6) is 0 Å². The lowest BCUT2D eigenvalue weighted by Gasteiger charge is -2.51. The topological polar surface area (TPSA) is 77.5 Å². The fourth-order valence-electron chi connectivity index (χ4n) is 2.45. The molecule has 1 amide bonds. The number of amides is 1. The molecular formula is C14H22N2O3. The summed E-state index contributed by atoms with van der Waals surface area (Å²) in [5.74, 6) is 0.744. The molecule has 0 aromatic carbocycles. The molecule has 1 aromatic rings. The second-order valence-corrected chi connectivity index (χ2v) is 5.50. The highest BCUT2D eigenvalue weighted by Gasteiger charge is 2.49. The van der Waals surface area contributed by atoms with Gasteiger partial charge in [0.1, 0.15) is 5.76 Å². The molecule has 0 radical (unpaired) electrons. The summed E-state index contributed by atoms with van der Waals surface area (Å²) in [6.45, 7) is 7.20. The van der Waals surface area contributed by atoms with Crippen molar-refractivity contribution in [2.45, 2.75) is 45.9 Å². The molecule has 1 heterocycles. The van der Waals surface area contributed by atoms with Crippen LogP contribution in [0.4, 0.5) is 0 Å². The van der Waals surface area contributed by atoms with Gasteiger partial charge in [-0.2, -0.15) is 0 Å². The molecule has 19 heavy (non-hydrogen) atoms. The van der Waals surface area contributed by atoms with Gasteiger partial charge in [0.2, 0.25) is 0 Å². The van der Waals surface area contributed by atoms with Crippen molar-refractivity contribution in [2.24, 2.45) is 11.1 Å². The maximum absolute atomic E-state index is 12.0. The highest BCUT2D eigenvalue weighted by atomic mass is 16.5. The van der Waals surface area contributed by atoms with Gasteiger partial charge in [0.15, 0.2) is 5.76 Å². The van der Waals surface area contributed by atoms with E-state index in [1.807, 2.05) is 6.92 Å². The molecule has 5 nitrogen and oxygen atoms in total. The average molecular weight is 266 g/mol. The molecule has 2 unspecified atom stereocenters. The average Bonchev–Trinajstić information content (AvgIpc) is 2.86. The Hall–Kier alpha value is -1.33. The molecular weight excluding hydrogens is 244 g/mol. The van der Waals surface area contributed by atoms with E-state index in [0.29, 0.717) is 24.7 Å². The zero-order valence-corrected chi connectivity index (χ0v) is 11.7. The zero-order chi connectivity index (χ0) is 14.0. The number of nitrogens with one attached hydrogen (secondary N) is 1. The number of hydrogen-bond donors (Lipinski definition) is 2. The third-order valence-corrected chi connectivity index (χ3v) is 3.94. The highest BCUT2D eigenvalue weighted by molar-refractivity contribution is 5.91. The van der Waals surface area contributed by atoms with E-state index in [1.165, 1.54) is 0 Å². The van der Waals surface area contributed by atoms with Crippen LogP contribution in [0.2, 0.25) is 0 Å². The number of carbonyl (C=O) groups excluding carboxylic acids is 1. The van der Waals surface area contributed by atoms with Gasteiger partial charge in [0.05, 0.1) is 12.6 Å². The van der Waals surface area contributed by atoms with Crippen LogP contribution < -0.4 is 11.1 Å². The highest BCUT2D eigenvalue weighted by Crippen LogP contribution is 2.42. The number of hydrogen-bond acceptors (Lipinski definition) is 4. The van der Waals surface area contributed by atoms with Crippen molar-refractivity contribution in [3.05, 3.63) is 23.7 Å². The van der Waals surface area contributed by atoms with E-state index in [1.54, 1.807) is 12.1 Å². The van der Waals surface area contributed by atoms with Crippen molar-refractivity contribution < 1.29 is 13.9 Å². The molecule has 1 aliphatic carbocycles. The SMILES string of the molecule is CCOC1CC(NC(=O)c2ccc(CN)o2)C1(C)C. The predicted octanol–water partition coefficient (Wildman–Crippen LogP) is 1.67. The van der Waals surface area contributed by atoms with Crippen LogP contribution in [-0.2, 0) is 11.3 Å². The number of rotatable bonds is 5. The van der Waals surface area contributed by atoms with Gasteiger partial charge < -0.3 is 20.2 Å². The molecule has 0 spiro atoms. The van der Waals surface area contributed by atoms with Crippen LogP contribution in [0.25, 0.3) is 0 Å². The standard InChI is InChI=1S/C14H22N2O3/c1-4-18-12-7-11(14(12,2)3)16-13(17)10-6-5-9(8-15)19-10/h5-6,11-12H,4,7-8,15H2,1-3H3,(H,16,17). The molecule has 0 bridgehead atoms. The van der Waals surface area contributed by atoms with Crippen molar-refractivity contribution in [1.29, 1.82) is 0 Å². The lowest BCUT2D eigenvalue weighted by molar-refractivity contribution is -0.111. The Balaban J connectivity index is 1.94. The Morgan fingerprint density at radius 3 is 2.84 bits per heavy atom. The van der Waals surface area contributed by atoms with Crippen molar-refractivity contribution in [1.82, 2.24) is 5.32 Å². The van der Waals surface area contributed by atoms with E-state index in [-0.39, 0.29) is 23.5 Å². The number of ether oxygens (including phenoxy) is 1. The van der Waals surface area contributed by atoms with E-state index in [0.717, 1.165) is 6.42 Å². The van der Waals surface area contributed by atoms with E-state index in [4.69, 9.17) is 14.9 Å². The summed E-state index contributed by atoms with van der Waals surface area (Å²) in [6.07, 6.45) is 1.05. The minimum Gasteiger partial charge on any atom is -0.455 e. The number of carbonyl (C=O) groups is 1. The third-order valence-electron chi connectivity index (χ3n) is 3.94. The van der Waals surface area contributed by atoms with E-state index < -0.39 is 0 Å². The van der Waals surface area contributed by atoms with Gasteiger partial charge in [-0.25, -0.2) is 0 Å². The fourth-order valence-corrected chi connectivity index (χ4v) is 2.45. The van der Waals surface area contributed by atoms with Gasteiger partial charge in [0.25, 0.3) is 5.91 Å². The van der Waals surface area contributed by atoms with Gasteiger partial charge >= 0.3 is 0 Å². The van der Waals surface area contributed by atoms with Crippen LogP contribution in [-0.4, -0.2) is 24.7 Å². The molecule has 0 aliphatic heterocycles. The van der Waals surface area contributed by atoms with E-state index in [9.17, 15) is 4.79 Å². The van der Waals surface area contributed by atoms with Crippen LogP contribution in [0.3, 0.4) is 0 Å². The Morgan fingerprint density at radius 1 is 1.58 bits per heavy atom. The first-order valence-corrected chi connectivity index (χ1v) is 6.70. The minimum atomic E-state index is -0.187. The first kappa shape index (κ1) is 14.1. The summed E-state index contributed by atoms with van der Waals surface area (Å²) in [4.78, 5) is 12.0. The third kappa shape index (κ3) is 2.67. The van der Waals surface area contributed by atoms with Gasteiger partial charge in [-0.3, -0.25) is 4.79 Å². The van der Waals surface area contributed by atoms with Gasteiger partial charge in [0, 0.05) is 18.1 Å². The second-order valence-electron chi connectivity index (χ2n) is 5.50. The smallest absolute Gasteiger partial charge is 0.287 e. The van der Waals surface area contributed by atoms with Gasteiger partial charge in [-0.1, -0.05) is 13.8 Å². The Labute approximate surface area is 113 Å². The Bertz CT molecular complexity index is 453. The normalized spacial score (nSPS) is 24.8. The molecule has 2 atom stereocenters. The fraction of sp³-hybridized carbons (Fsp3) is 0.643. The number of furan rings is 1. The van der Waals surface area contributed by atoms with Gasteiger partial charge in [-0.15, -0.1) is 0 Å². The summed E-state index contributed by atoms with van der Waals surface area (Å²) in [7, 11) is 0.